The van der Waals surface area contributed by atoms with E-state index in [2.05, 4.69) is 0 Å². The summed E-state index contributed by atoms with van der Waals surface area (Å²) in [5.74, 6) is 0. The van der Waals surface area contributed by atoms with Crippen LogP contribution >= 0.6 is 0 Å². The summed E-state index contributed by atoms with van der Waals surface area (Å²) in [7, 11) is 0. The topological polar surface area (TPSA) is 0 Å². The third-order valence-electron chi connectivity index (χ3n) is 2.15. The maximum Gasteiger partial charge on any atom is 1.00 e. The van der Waals surface area contributed by atoms with E-state index in [4.69, 9.17) is 0 Å². The number of hydrogen-bond acceptors (Lipinski definition) is 0. The number of rotatable bonds is 8. The minimum atomic E-state index is -4.13. The van der Waals surface area contributed by atoms with Gasteiger partial charge in [0.2, 0.25) is 0 Å². The van der Waals surface area contributed by atoms with E-state index in [1.165, 1.54) is 0 Å². The number of unbranched alkanes of at least 4 members (excludes halogenated alkanes) is 4. The van der Waals surface area contributed by atoms with Crippen LogP contribution in [-0.4, -0.2) is 12.3 Å². The summed E-state index contributed by atoms with van der Waals surface area (Å²) in [5.41, 5.74) is 0. The fourth-order valence-corrected chi connectivity index (χ4v) is 1.29. The SMILES string of the molecule is F[C-](F)C(F)CCCCCCCC(F)(F)F.[Na+]. The van der Waals surface area contributed by atoms with Crippen molar-refractivity contribution >= 4 is 0 Å². The van der Waals surface area contributed by atoms with Crippen molar-refractivity contribution in [2.45, 2.75) is 57.3 Å². The number of alkyl halides is 4. The Hall–Kier alpha value is 0.580. The fraction of sp³-hybridized carbons (Fsp3) is 0.900. The molecule has 0 bridgehead atoms. The Labute approximate surface area is 119 Å². The molecule has 0 amide bonds. The zero-order valence-corrected chi connectivity index (χ0v) is 11.8. The molecule has 0 rings (SSSR count). The van der Waals surface area contributed by atoms with Crippen LogP contribution in [-0.2, 0) is 0 Å². The molecule has 0 nitrogen and oxygen atoms in total. The van der Waals surface area contributed by atoms with Crippen molar-refractivity contribution in [1.29, 1.82) is 0 Å². The van der Waals surface area contributed by atoms with Crippen LogP contribution in [0.5, 0.6) is 0 Å². The molecule has 0 fully saturated rings. The van der Waals surface area contributed by atoms with Gasteiger partial charge in [-0.05, 0) is 12.8 Å². The van der Waals surface area contributed by atoms with Crippen LogP contribution in [0.2, 0.25) is 0 Å². The fourth-order valence-electron chi connectivity index (χ4n) is 1.29. The summed E-state index contributed by atoms with van der Waals surface area (Å²) in [6.07, 6.45) is -7.85. The molecule has 0 aliphatic carbocycles. The molecule has 0 radical (unpaired) electrons. The first-order valence-electron chi connectivity index (χ1n) is 5.21. The third-order valence-corrected chi connectivity index (χ3v) is 2.15. The molecule has 1 unspecified atom stereocenters. The normalized spacial score (nSPS) is 13.6. The van der Waals surface area contributed by atoms with E-state index in [1.54, 1.807) is 0 Å². The predicted molar refractivity (Wildman–Crippen MR) is 48.7 cm³/mol. The summed E-state index contributed by atoms with van der Waals surface area (Å²) in [6, 6.07) is 0. The molecule has 1 atom stereocenters. The minimum absolute atomic E-state index is 0. The summed E-state index contributed by atoms with van der Waals surface area (Å²) in [5, 5.41) is 0. The summed E-state index contributed by atoms with van der Waals surface area (Å²) < 4.78 is 70.6. The van der Waals surface area contributed by atoms with Crippen LogP contribution in [0, 0.1) is 6.43 Å². The second kappa shape index (κ2) is 10.5. The van der Waals surface area contributed by atoms with Gasteiger partial charge in [0.15, 0.2) is 0 Å². The summed E-state index contributed by atoms with van der Waals surface area (Å²) >= 11 is 0. The van der Waals surface area contributed by atoms with Gasteiger partial charge in [-0.3, -0.25) is 4.39 Å². The molecule has 0 aromatic rings. The predicted octanol–water partition coefficient (Wildman–Crippen LogP) is 2.05. The summed E-state index contributed by atoms with van der Waals surface area (Å²) in [4.78, 5) is 0. The van der Waals surface area contributed by atoms with E-state index in [9.17, 15) is 26.3 Å². The first-order chi connectivity index (χ1) is 7.33. The first-order valence-corrected chi connectivity index (χ1v) is 5.21. The Bertz CT molecular complexity index is 171. The van der Waals surface area contributed by atoms with Gasteiger partial charge in [0.25, 0.3) is 0 Å². The van der Waals surface area contributed by atoms with Crippen LogP contribution in [0.25, 0.3) is 0 Å². The third kappa shape index (κ3) is 14.5. The van der Waals surface area contributed by atoms with Gasteiger partial charge >= 0.3 is 35.7 Å². The van der Waals surface area contributed by atoms with E-state index in [-0.39, 0.29) is 48.8 Å². The molecule has 0 aliphatic heterocycles. The Balaban J connectivity index is 0. The zero-order chi connectivity index (χ0) is 12.6. The molecule has 7 heteroatoms. The second-order valence-corrected chi connectivity index (χ2v) is 3.68. The van der Waals surface area contributed by atoms with Gasteiger partial charge in [-0.25, -0.2) is 0 Å². The molecule has 0 aromatic heterocycles. The monoisotopic (exact) mass is 272 g/mol. The number of hydrogen-bond donors (Lipinski definition) is 0. The van der Waals surface area contributed by atoms with Gasteiger partial charge < -0.3 is 8.78 Å². The van der Waals surface area contributed by atoms with E-state index >= 15 is 0 Å². The molecule has 0 aromatic carbocycles. The van der Waals surface area contributed by atoms with Crippen LogP contribution in [0.15, 0.2) is 0 Å². The molecule has 17 heavy (non-hydrogen) atoms. The average Bonchev–Trinajstić information content (AvgIpc) is 2.14. The summed E-state index contributed by atoms with van der Waals surface area (Å²) in [6.45, 7) is 0. The van der Waals surface area contributed by atoms with Gasteiger partial charge in [0.1, 0.15) is 0 Å². The van der Waals surface area contributed by atoms with Crippen LogP contribution in [0.3, 0.4) is 0 Å². The van der Waals surface area contributed by atoms with Gasteiger partial charge in [-0.15, -0.1) is 0 Å². The Morgan fingerprint density at radius 3 is 1.82 bits per heavy atom. The van der Waals surface area contributed by atoms with Gasteiger partial charge in [-0.1, -0.05) is 25.7 Å². The van der Waals surface area contributed by atoms with Crippen molar-refractivity contribution in [3.8, 4) is 0 Å². The van der Waals surface area contributed by atoms with E-state index in [0.29, 0.717) is 19.3 Å². The van der Waals surface area contributed by atoms with Crippen LogP contribution in [0.1, 0.15) is 44.9 Å². The Morgan fingerprint density at radius 2 is 1.35 bits per heavy atom. The van der Waals surface area contributed by atoms with Crippen molar-refractivity contribution < 1.29 is 55.9 Å². The maximum absolute atomic E-state index is 12.3. The van der Waals surface area contributed by atoms with E-state index < -0.39 is 25.2 Å². The van der Waals surface area contributed by atoms with Crippen molar-refractivity contribution in [1.82, 2.24) is 0 Å². The Kier molecular flexibility index (Phi) is 12.3. The molecule has 0 N–H and O–H groups in total. The first kappa shape index (κ1) is 19.9. The van der Waals surface area contributed by atoms with Crippen LogP contribution < -0.4 is 29.6 Å². The molecule has 0 spiro atoms. The molecule has 0 saturated carbocycles. The Morgan fingerprint density at radius 1 is 0.882 bits per heavy atom. The van der Waals surface area contributed by atoms with E-state index in [0.717, 1.165) is 0 Å². The molecule has 0 heterocycles. The zero-order valence-electron chi connectivity index (χ0n) is 9.79. The molecule has 0 saturated heterocycles. The average molecular weight is 272 g/mol. The molecular weight excluding hydrogens is 257 g/mol. The second-order valence-electron chi connectivity index (χ2n) is 3.68. The number of halogens is 6. The molecule has 0 aliphatic rings. The smallest absolute Gasteiger partial charge is 0.418 e. The van der Waals surface area contributed by atoms with Crippen molar-refractivity contribution in [2.24, 2.45) is 0 Å². The largest absolute Gasteiger partial charge is 1.00 e. The van der Waals surface area contributed by atoms with Crippen molar-refractivity contribution in [2.75, 3.05) is 0 Å². The van der Waals surface area contributed by atoms with Gasteiger partial charge in [0.05, 0.1) is 0 Å². The quantitative estimate of drug-likeness (QED) is 0.274. The van der Waals surface area contributed by atoms with Crippen molar-refractivity contribution in [3.05, 3.63) is 6.43 Å². The molecular formula is C10H15F6Na. The van der Waals surface area contributed by atoms with E-state index in [1.807, 2.05) is 0 Å². The standard InChI is InChI=1S/C10H15F6.Na/c11-8(9(12)13)6-4-2-1-3-5-7-10(14,15)16;/h8H,1-7H2;/q-1;+1. The molecule has 98 valence electrons. The van der Waals surface area contributed by atoms with Gasteiger partial charge in [-0.2, -0.15) is 13.2 Å². The van der Waals surface area contributed by atoms with Gasteiger partial charge in [0, 0.05) is 19.0 Å². The van der Waals surface area contributed by atoms with Crippen LogP contribution in [0.4, 0.5) is 26.3 Å². The maximum atomic E-state index is 12.3. The van der Waals surface area contributed by atoms with Crippen molar-refractivity contribution in [3.63, 3.8) is 0 Å². The minimum Gasteiger partial charge on any atom is -0.418 e.